The second-order valence-corrected chi connectivity index (χ2v) is 8.01. The molecule has 0 amide bonds. The Bertz CT molecular complexity index is 374. The third kappa shape index (κ3) is 11.5. The van der Waals surface area contributed by atoms with E-state index in [0.717, 1.165) is 19.3 Å². The molecule has 0 saturated carbocycles. The minimum atomic E-state index is -1.05. The molecule has 0 bridgehead atoms. The van der Waals surface area contributed by atoms with Crippen LogP contribution < -0.4 is 0 Å². The number of hydrogen-bond acceptors (Lipinski definition) is 5. The summed E-state index contributed by atoms with van der Waals surface area (Å²) < 4.78 is 11.0. The lowest BCUT2D eigenvalue weighted by Crippen LogP contribution is -2.41. The van der Waals surface area contributed by atoms with Crippen molar-refractivity contribution in [1.82, 2.24) is 0 Å². The molecule has 28 heavy (non-hydrogen) atoms. The summed E-state index contributed by atoms with van der Waals surface area (Å²) in [5, 5.41) is 28.6. The predicted molar refractivity (Wildman–Crippen MR) is 113 cm³/mol. The van der Waals surface area contributed by atoms with Crippen molar-refractivity contribution in [2.45, 2.75) is 115 Å². The van der Waals surface area contributed by atoms with E-state index in [1.54, 1.807) is 0 Å². The van der Waals surface area contributed by atoms with Gasteiger partial charge in [-0.15, -0.1) is 0 Å². The van der Waals surface area contributed by atoms with Gasteiger partial charge < -0.3 is 24.8 Å². The van der Waals surface area contributed by atoms with E-state index in [1.165, 1.54) is 64.2 Å². The van der Waals surface area contributed by atoms with E-state index in [-0.39, 0.29) is 6.61 Å². The maximum Gasteiger partial charge on any atom is 0.114 e. The average Bonchev–Trinajstić information content (AvgIpc) is 3.07. The Labute approximate surface area is 172 Å². The number of aliphatic hydroxyl groups excluding tert-OH is 3. The monoisotopic (exact) mass is 400 g/mol. The predicted octanol–water partition coefficient (Wildman–Crippen LogP) is 4.13. The first-order valence-electron chi connectivity index (χ1n) is 11.6. The van der Waals surface area contributed by atoms with Crippen molar-refractivity contribution in [2.24, 2.45) is 0 Å². The zero-order chi connectivity index (χ0) is 20.5. The summed E-state index contributed by atoms with van der Waals surface area (Å²) >= 11 is 0. The van der Waals surface area contributed by atoms with E-state index in [2.05, 4.69) is 19.1 Å². The number of aliphatic hydroxyl groups is 3. The summed E-state index contributed by atoms with van der Waals surface area (Å²) in [6, 6.07) is 0. The molecule has 0 unspecified atom stereocenters. The molecular weight excluding hydrogens is 356 g/mol. The van der Waals surface area contributed by atoms with Gasteiger partial charge in [-0.1, -0.05) is 76.9 Å². The summed E-state index contributed by atoms with van der Waals surface area (Å²) in [6.07, 6.45) is 18.1. The highest BCUT2D eigenvalue weighted by Crippen LogP contribution is 2.20. The highest BCUT2D eigenvalue weighted by molar-refractivity contribution is 4.88. The molecule has 0 aliphatic carbocycles. The van der Waals surface area contributed by atoms with Crippen LogP contribution in [0.1, 0.15) is 90.4 Å². The van der Waals surface area contributed by atoms with Gasteiger partial charge in [0, 0.05) is 6.61 Å². The van der Waals surface area contributed by atoms with Crippen molar-refractivity contribution >= 4 is 0 Å². The molecule has 1 fully saturated rings. The standard InChI is InChI=1S/C23H44O5/c1-2-3-4-5-6-7-8-9-10-11-12-13-14-15-16-17-27-21-19-28-23(22(21)26)20(25)18-24/h3-4,20-26H,2,5-19H2,1H3/b4-3+/t20-,21+,22+,23+/m0/s1. The fourth-order valence-electron chi connectivity index (χ4n) is 3.68. The Morgan fingerprint density at radius 2 is 1.50 bits per heavy atom. The second kappa shape index (κ2) is 17.4. The topological polar surface area (TPSA) is 79.2 Å². The van der Waals surface area contributed by atoms with Gasteiger partial charge in [-0.2, -0.15) is 0 Å². The van der Waals surface area contributed by atoms with E-state index in [1.807, 2.05) is 0 Å². The van der Waals surface area contributed by atoms with Gasteiger partial charge in [-0.05, 0) is 25.7 Å². The molecule has 166 valence electrons. The van der Waals surface area contributed by atoms with Gasteiger partial charge >= 0.3 is 0 Å². The van der Waals surface area contributed by atoms with Gasteiger partial charge in [0.05, 0.1) is 13.2 Å². The summed E-state index contributed by atoms with van der Waals surface area (Å²) in [5.74, 6) is 0. The van der Waals surface area contributed by atoms with Crippen molar-refractivity contribution in [3.63, 3.8) is 0 Å². The Morgan fingerprint density at radius 3 is 2.07 bits per heavy atom. The van der Waals surface area contributed by atoms with Crippen molar-refractivity contribution in [3.05, 3.63) is 12.2 Å². The SMILES string of the molecule is CC/C=C/CCCCCCCCCCCCCO[C@@H]1CO[C@H]([C@@H](O)CO)[C@@H]1O. The van der Waals surface area contributed by atoms with Gasteiger partial charge in [0.15, 0.2) is 0 Å². The van der Waals surface area contributed by atoms with Crippen LogP contribution in [-0.4, -0.2) is 59.6 Å². The molecule has 5 nitrogen and oxygen atoms in total. The first-order valence-corrected chi connectivity index (χ1v) is 11.6. The smallest absolute Gasteiger partial charge is 0.114 e. The Kier molecular flexibility index (Phi) is 15.9. The molecule has 5 heteroatoms. The summed E-state index contributed by atoms with van der Waals surface area (Å²) in [4.78, 5) is 0. The Balaban J connectivity index is 1.82. The largest absolute Gasteiger partial charge is 0.394 e. The average molecular weight is 401 g/mol. The van der Waals surface area contributed by atoms with E-state index >= 15 is 0 Å². The maximum atomic E-state index is 10.1. The molecule has 0 radical (unpaired) electrons. The molecule has 3 N–H and O–H groups in total. The van der Waals surface area contributed by atoms with Crippen LogP contribution in [0.3, 0.4) is 0 Å². The molecular formula is C23H44O5. The van der Waals surface area contributed by atoms with Crippen LogP contribution >= 0.6 is 0 Å². The van der Waals surface area contributed by atoms with Crippen LogP contribution in [0, 0.1) is 0 Å². The fraction of sp³-hybridized carbons (Fsp3) is 0.913. The first-order chi connectivity index (χ1) is 13.7. The van der Waals surface area contributed by atoms with E-state index < -0.39 is 31.0 Å². The molecule has 1 aliphatic rings. The number of ether oxygens (including phenoxy) is 2. The lowest BCUT2D eigenvalue weighted by atomic mass is 10.0. The van der Waals surface area contributed by atoms with Crippen LogP contribution in [0.15, 0.2) is 12.2 Å². The summed E-state index contributed by atoms with van der Waals surface area (Å²) in [7, 11) is 0. The quantitative estimate of drug-likeness (QED) is 0.238. The number of unbranched alkanes of at least 4 members (excludes halogenated alkanes) is 11. The lowest BCUT2D eigenvalue weighted by molar-refractivity contribution is -0.0730. The van der Waals surface area contributed by atoms with Crippen molar-refractivity contribution in [1.29, 1.82) is 0 Å². The lowest BCUT2D eigenvalue weighted by Gasteiger charge is -2.20. The van der Waals surface area contributed by atoms with Crippen LogP contribution in [0.25, 0.3) is 0 Å². The molecule has 1 rings (SSSR count). The number of allylic oxidation sites excluding steroid dienone is 2. The molecule has 0 aromatic heterocycles. The maximum absolute atomic E-state index is 10.1. The van der Waals surface area contributed by atoms with Crippen molar-refractivity contribution < 1.29 is 24.8 Å². The second-order valence-electron chi connectivity index (χ2n) is 8.01. The molecule has 1 aliphatic heterocycles. The Morgan fingerprint density at radius 1 is 0.929 bits per heavy atom. The molecule has 1 saturated heterocycles. The molecule has 0 aromatic carbocycles. The van der Waals surface area contributed by atoms with Gasteiger partial charge in [-0.25, -0.2) is 0 Å². The third-order valence-corrected chi connectivity index (χ3v) is 5.49. The van der Waals surface area contributed by atoms with Gasteiger partial charge in [0.25, 0.3) is 0 Å². The molecule has 0 spiro atoms. The normalized spacial score (nSPS) is 23.6. The first kappa shape index (κ1) is 25.6. The van der Waals surface area contributed by atoms with Crippen molar-refractivity contribution in [3.8, 4) is 0 Å². The van der Waals surface area contributed by atoms with Crippen LogP contribution in [0.2, 0.25) is 0 Å². The van der Waals surface area contributed by atoms with E-state index in [4.69, 9.17) is 14.6 Å². The summed E-state index contributed by atoms with van der Waals surface area (Å²) in [5.41, 5.74) is 0. The van der Waals surface area contributed by atoms with Gasteiger partial charge in [-0.3, -0.25) is 0 Å². The minimum Gasteiger partial charge on any atom is -0.394 e. The Hall–Kier alpha value is -0.460. The number of hydrogen-bond donors (Lipinski definition) is 3. The molecule has 4 atom stereocenters. The highest BCUT2D eigenvalue weighted by atomic mass is 16.6. The third-order valence-electron chi connectivity index (χ3n) is 5.49. The highest BCUT2D eigenvalue weighted by Gasteiger charge is 2.40. The van der Waals surface area contributed by atoms with Crippen LogP contribution in [0.5, 0.6) is 0 Å². The van der Waals surface area contributed by atoms with Gasteiger partial charge in [0.1, 0.15) is 24.4 Å². The fourth-order valence-corrected chi connectivity index (χ4v) is 3.68. The molecule has 0 aromatic rings. The van der Waals surface area contributed by atoms with E-state index in [0.29, 0.717) is 6.61 Å². The van der Waals surface area contributed by atoms with Crippen LogP contribution in [0.4, 0.5) is 0 Å². The zero-order valence-corrected chi connectivity index (χ0v) is 17.9. The van der Waals surface area contributed by atoms with E-state index in [9.17, 15) is 10.2 Å². The minimum absolute atomic E-state index is 0.276. The van der Waals surface area contributed by atoms with Gasteiger partial charge in [0.2, 0.25) is 0 Å². The summed E-state index contributed by atoms with van der Waals surface area (Å²) in [6.45, 7) is 2.66. The van der Waals surface area contributed by atoms with Crippen molar-refractivity contribution in [2.75, 3.05) is 19.8 Å². The molecule has 1 heterocycles. The zero-order valence-electron chi connectivity index (χ0n) is 17.9. The van der Waals surface area contributed by atoms with Crippen LogP contribution in [-0.2, 0) is 9.47 Å². The number of rotatable bonds is 18.